The molecule has 160 valence electrons. The van der Waals surface area contributed by atoms with E-state index in [1.807, 2.05) is 0 Å². The Hall–Kier alpha value is -3.69. The van der Waals surface area contributed by atoms with Gasteiger partial charge in [0.25, 0.3) is 11.2 Å². The average Bonchev–Trinajstić information content (AvgIpc) is 2.79. The van der Waals surface area contributed by atoms with Crippen LogP contribution < -0.4 is 10.9 Å². The number of aromatic nitrogens is 2. The second-order valence-corrected chi connectivity index (χ2v) is 7.99. The van der Waals surface area contributed by atoms with Gasteiger partial charge in [0.2, 0.25) is 5.91 Å². The van der Waals surface area contributed by atoms with Crippen molar-refractivity contribution in [3.63, 3.8) is 0 Å². The molecular formula is C22H15ClN4O4S. The van der Waals surface area contributed by atoms with E-state index in [0.717, 1.165) is 11.8 Å². The molecule has 4 rings (SSSR count). The predicted octanol–water partition coefficient (Wildman–Crippen LogP) is 4.68. The van der Waals surface area contributed by atoms with Gasteiger partial charge in [-0.2, -0.15) is 0 Å². The Morgan fingerprint density at radius 2 is 1.75 bits per heavy atom. The summed E-state index contributed by atoms with van der Waals surface area (Å²) in [4.78, 5) is 40.5. The standard InChI is InChI=1S/C22H15ClN4O4S/c23-17-6-2-4-8-19(17)26-21(29)16-5-1-3-7-18(16)25-22(26)32-13-20(28)24-14-9-11-15(12-10-14)27(30)31/h1-12H,13H2,(H,24,28). The first-order valence-corrected chi connectivity index (χ1v) is 10.7. The van der Waals surface area contributed by atoms with Crippen molar-refractivity contribution in [1.82, 2.24) is 9.55 Å². The minimum atomic E-state index is -0.513. The average molecular weight is 467 g/mol. The van der Waals surface area contributed by atoms with E-state index in [1.165, 1.54) is 28.8 Å². The monoisotopic (exact) mass is 466 g/mol. The van der Waals surface area contributed by atoms with Crippen molar-refractivity contribution in [2.24, 2.45) is 0 Å². The summed E-state index contributed by atoms with van der Waals surface area (Å²) in [7, 11) is 0. The number of benzene rings is 3. The van der Waals surface area contributed by atoms with Gasteiger partial charge in [0.15, 0.2) is 5.16 Å². The maximum Gasteiger partial charge on any atom is 0.269 e. The number of para-hydroxylation sites is 2. The van der Waals surface area contributed by atoms with Crippen molar-refractivity contribution in [2.45, 2.75) is 5.16 Å². The van der Waals surface area contributed by atoms with Crippen LogP contribution in [0.1, 0.15) is 0 Å². The third-order valence-corrected chi connectivity index (χ3v) is 5.79. The molecule has 0 saturated carbocycles. The number of thioether (sulfide) groups is 1. The van der Waals surface area contributed by atoms with Gasteiger partial charge in [-0.15, -0.1) is 0 Å². The van der Waals surface area contributed by atoms with E-state index in [9.17, 15) is 19.7 Å². The lowest BCUT2D eigenvalue weighted by Gasteiger charge is -2.14. The number of nitrogens with one attached hydrogen (secondary N) is 1. The van der Waals surface area contributed by atoms with E-state index in [-0.39, 0.29) is 22.9 Å². The third kappa shape index (κ3) is 4.48. The molecule has 0 aliphatic heterocycles. The number of anilines is 1. The van der Waals surface area contributed by atoms with E-state index in [2.05, 4.69) is 10.3 Å². The van der Waals surface area contributed by atoms with Gasteiger partial charge in [-0.1, -0.05) is 47.6 Å². The molecule has 0 atom stereocenters. The molecule has 0 saturated heterocycles. The van der Waals surface area contributed by atoms with Crippen LogP contribution in [-0.2, 0) is 4.79 Å². The Bertz CT molecular complexity index is 1390. The second kappa shape index (κ2) is 9.21. The Kier molecular flexibility index (Phi) is 6.20. The zero-order chi connectivity index (χ0) is 22.7. The van der Waals surface area contributed by atoms with Crippen LogP contribution in [0, 0.1) is 10.1 Å². The summed E-state index contributed by atoms with van der Waals surface area (Å²) < 4.78 is 1.40. The molecule has 0 radical (unpaired) electrons. The van der Waals surface area contributed by atoms with Crippen molar-refractivity contribution < 1.29 is 9.72 Å². The van der Waals surface area contributed by atoms with Crippen molar-refractivity contribution in [3.05, 3.63) is 98.3 Å². The highest BCUT2D eigenvalue weighted by atomic mass is 35.5. The number of nitrogens with zero attached hydrogens (tertiary/aromatic N) is 3. The van der Waals surface area contributed by atoms with Crippen LogP contribution in [0.4, 0.5) is 11.4 Å². The molecule has 3 aromatic carbocycles. The molecule has 1 heterocycles. The molecule has 1 aromatic heterocycles. The summed E-state index contributed by atoms with van der Waals surface area (Å²) in [6.07, 6.45) is 0. The van der Waals surface area contributed by atoms with E-state index >= 15 is 0 Å². The van der Waals surface area contributed by atoms with Crippen molar-refractivity contribution in [3.8, 4) is 5.69 Å². The molecular weight excluding hydrogens is 452 g/mol. The number of fused-ring (bicyclic) bond motifs is 1. The van der Waals surface area contributed by atoms with Gasteiger partial charge in [-0.25, -0.2) is 4.98 Å². The maximum absolute atomic E-state index is 13.2. The molecule has 8 nitrogen and oxygen atoms in total. The highest BCUT2D eigenvalue weighted by Gasteiger charge is 2.16. The van der Waals surface area contributed by atoms with Gasteiger partial charge in [-0.3, -0.25) is 24.3 Å². The Morgan fingerprint density at radius 1 is 1.06 bits per heavy atom. The van der Waals surface area contributed by atoms with Gasteiger partial charge < -0.3 is 5.32 Å². The van der Waals surface area contributed by atoms with Gasteiger partial charge in [-0.05, 0) is 36.4 Å². The van der Waals surface area contributed by atoms with E-state index in [4.69, 9.17) is 11.6 Å². The summed E-state index contributed by atoms with van der Waals surface area (Å²) in [6.45, 7) is 0. The summed E-state index contributed by atoms with van der Waals surface area (Å²) in [5, 5.41) is 14.6. The molecule has 32 heavy (non-hydrogen) atoms. The van der Waals surface area contributed by atoms with Crippen LogP contribution in [0.5, 0.6) is 0 Å². The van der Waals surface area contributed by atoms with Crippen molar-refractivity contribution >= 4 is 51.5 Å². The number of amides is 1. The van der Waals surface area contributed by atoms with E-state index in [0.29, 0.717) is 32.5 Å². The molecule has 10 heteroatoms. The number of carbonyl (C=O) groups excluding carboxylic acids is 1. The third-order valence-electron chi connectivity index (χ3n) is 4.53. The smallest absolute Gasteiger partial charge is 0.269 e. The van der Waals surface area contributed by atoms with Crippen molar-refractivity contribution in [1.29, 1.82) is 0 Å². The fourth-order valence-electron chi connectivity index (χ4n) is 3.05. The zero-order valence-electron chi connectivity index (χ0n) is 16.4. The SMILES string of the molecule is O=C(CSc1nc2ccccc2c(=O)n1-c1ccccc1Cl)Nc1ccc([N+](=O)[O-])cc1. The number of rotatable bonds is 6. The second-order valence-electron chi connectivity index (χ2n) is 6.64. The number of halogens is 1. The molecule has 0 aliphatic rings. The Balaban J connectivity index is 1.63. The molecule has 0 bridgehead atoms. The zero-order valence-corrected chi connectivity index (χ0v) is 18.0. The van der Waals surface area contributed by atoms with Gasteiger partial charge in [0.05, 0.1) is 32.3 Å². The largest absolute Gasteiger partial charge is 0.325 e. The van der Waals surface area contributed by atoms with Crippen LogP contribution in [0.3, 0.4) is 0 Å². The van der Waals surface area contributed by atoms with Gasteiger partial charge in [0, 0.05) is 17.8 Å². The fraction of sp³-hybridized carbons (Fsp3) is 0.0455. The van der Waals surface area contributed by atoms with Crippen molar-refractivity contribution in [2.75, 3.05) is 11.1 Å². The first kappa shape index (κ1) is 21.5. The number of nitro groups is 1. The number of carbonyl (C=O) groups is 1. The molecule has 1 amide bonds. The molecule has 0 unspecified atom stereocenters. The minimum absolute atomic E-state index is 0.0355. The summed E-state index contributed by atoms with van der Waals surface area (Å²) >= 11 is 7.42. The number of hydrogen-bond acceptors (Lipinski definition) is 6. The first-order chi connectivity index (χ1) is 15.4. The number of nitro benzene ring substituents is 1. The minimum Gasteiger partial charge on any atom is -0.325 e. The van der Waals surface area contributed by atoms with Gasteiger partial charge in [0.1, 0.15) is 0 Å². The lowest BCUT2D eigenvalue weighted by molar-refractivity contribution is -0.384. The fourth-order valence-corrected chi connectivity index (χ4v) is 4.07. The molecule has 4 aromatic rings. The summed E-state index contributed by atoms with van der Waals surface area (Å²) in [5.74, 6) is -0.386. The lowest BCUT2D eigenvalue weighted by atomic mass is 10.2. The summed E-state index contributed by atoms with van der Waals surface area (Å²) in [6, 6.07) is 19.4. The van der Waals surface area contributed by atoms with Gasteiger partial charge >= 0.3 is 0 Å². The van der Waals surface area contributed by atoms with E-state index in [1.54, 1.807) is 48.5 Å². The molecule has 0 aliphatic carbocycles. The predicted molar refractivity (Wildman–Crippen MR) is 125 cm³/mol. The van der Waals surface area contributed by atoms with Crippen LogP contribution in [-0.4, -0.2) is 26.1 Å². The first-order valence-electron chi connectivity index (χ1n) is 9.38. The van der Waals surface area contributed by atoms with Crippen LogP contribution in [0.15, 0.2) is 82.7 Å². The van der Waals surface area contributed by atoms with Crippen LogP contribution in [0.25, 0.3) is 16.6 Å². The highest BCUT2D eigenvalue weighted by molar-refractivity contribution is 7.99. The number of non-ortho nitro benzene ring substituents is 1. The maximum atomic E-state index is 13.2. The molecule has 0 fully saturated rings. The molecule has 1 N–H and O–H groups in total. The normalized spacial score (nSPS) is 10.8. The van der Waals surface area contributed by atoms with Crippen LogP contribution in [0.2, 0.25) is 5.02 Å². The highest BCUT2D eigenvalue weighted by Crippen LogP contribution is 2.26. The lowest BCUT2D eigenvalue weighted by Crippen LogP contribution is -2.23. The Morgan fingerprint density at radius 3 is 2.47 bits per heavy atom. The molecule has 0 spiro atoms. The summed E-state index contributed by atoms with van der Waals surface area (Å²) in [5.41, 5.74) is 1.05. The topological polar surface area (TPSA) is 107 Å². The Labute approximate surface area is 191 Å². The quantitative estimate of drug-likeness (QED) is 0.191. The van der Waals surface area contributed by atoms with Crippen LogP contribution >= 0.6 is 23.4 Å². The number of hydrogen-bond donors (Lipinski definition) is 1. The van der Waals surface area contributed by atoms with E-state index < -0.39 is 4.92 Å².